The summed E-state index contributed by atoms with van der Waals surface area (Å²) in [5.41, 5.74) is 8.10. The highest BCUT2D eigenvalue weighted by molar-refractivity contribution is 8.00. The van der Waals surface area contributed by atoms with Crippen molar-refractivity contribution in [2.45, 2.75) is 24.0 Å². The van der Waals surface area contributed by atoms with Crippen LogP contribution in [0.1, 0.15) is 12.5 Å². The summed E-state index contributed by atoms with van der Waals surface area (Å²) in [6.07, 6.45) is 0. The van der Waals surface area contributed by atoms with E-state index in [4.69, 9.17) is 5.73 Å². The fraction of sp³-hybridized carbons (Fsp3) is 0.235. The number of nitrogens with zero attached hydrogens (tertiary/aromatic N) is 1. The van der Waals surface area contributed by atoms with E-state index in [0.717, 1.165) is 5.69 Å². The van der Waals surface area contributed by atoms with Crippen molar-refractivity contribution < 1.29 is 0 Å². The zero-order valence-corrected chi connectivity index (χ0v) is 13.2. The first-order chi connectivity index (χ1) is 10.1. The van der Waals surface area contributed by atoms with Crippen molar-refractivity contribution >= 4 is 23.4 Å². The van der Waals surface area contributed by atoms with E-state index in [1.54, 1.807) is 11.8 Å². The smallest absolute Gasteiger partial charge is 0.193 e. The maximum atomic E-state index is 5.92. The van der Waals surface area contributed by atoms with Crippen molar-refractivity contribution in [2.75, 3.05) is 11.9 Å². The molecule has 0 radical (unpaired) electrons. The van der Waals surface area contributed by atoms with E-state index < -0.39 is 0 Å². The van der Waals surface area contributed by atoms with Gasteiger partial charge in [-0.05, 0) is 31.2 Å². The molecule has 3 N–H and O–H groups in total. The van der Waals surface area contributed by atoms with Gasteiger partial charge in [0.05, 0.1) is 6.54 Å². The summed E-state index contributed by atoms with van der Waals surface area (Å²) in [6.45, 7) is 4.90. The molecule has 2 rings (SSSR count). The molecule has 0 aliphatic heterocycles. The van der Waals surface area contributed by atoms with Gasteiger partial charge in [-0.2, -0.15) is 0 Å². The Morgan fingerprint density at radius 3 is 2.48 bits per heavy atom. The van der Waals surface area contributed by atoms with Crippen LogP contribution in [-0.2, 0) is 0 Å². The van der Waals surface area contributed by atoms with Crippen LogP contribution in [0.4, 0.5) is 5.69 Å². The zero-order valence-electron chi connectivity index (χ0n) is 12.4. The summed E-state index contributed by atoms with van der Waals surface area (Å²) in [4.78, 5) is 5.66. The second-order valence-electron chi connectivity index (χ2n) is 4.96. The highest BCUT2D eigenvalue weighted by Gasteiger charge is 2.03. The van der Waals surface area contributed by atoms with Crippen LogP contribution in [0.3, 0.4) is 0 Å². The van der Waals surface area contributed by atoms with E-state index in [1.807, 2.05) is 42.5 Å². The Labute approximate surface area is 130 Å². The van der Waals surface area contributed by atoms with Gasteiger partial charge in [-0.3, -0.25) is 4.99 Å². The lowest BCUT2D eigenvalue weighted by molar-refractivity contribution is 0.948. The zero-order chi connectivity index (χ0) is 15.1. The summed E-state index contributed by atoms with van der Waals surface area (Å²) >= 11 is 1.80. The number of hydrogen-bond donors (Lipinski definition) is 2. The van der Waals surface area contributed by atoms with Crippen LogP contribution in [0.5, 0.6) is 0 Å². The standard InChI is InChI=1S/C17H21N3S/c1-13-8-10-15(11-9-13)20-17(18)19-12-14(2)21-16-6-4-3-5-7-16/h3-11,14H,12H2,1-2H3,(H3,18,19,20). The van der Waals surface area contributed by atoms with Crippen LogP contribution in [-0.4, -0.2) is 17.8 Å². The molecular formula is C17H21N3S. The maximum Gasteiger partial charge on any atom is 0.193 e. The molecule has 3 nitrogen and oxygen atoms in total. The third-order valence-corrected chi connectivity index (χ3v) is 4.02. The maximum absolute atomic E-state index is 5.92. The summed E-state index contributed by atoms with van der Waals surface area (Å²) in [5, 5.41) is 3.49. The van der Waals surface area contributed by atoms with Crippen molar-refractivity contribution in [3.8, 4) is 0 Å². The molecule has 0 aromatic heterocycles. The number of aryl methyl sites for hydroxylation is 1. The number of anilines is 1. The Morgan fingerprint density at radius 1 is 1.14 bits per heavy atom. The largest absolute Gasteiger partial charge is 0.370 e. The normalized spacial score (nSPS) is 13.0. The molecule has 21 heavy (non-hydrogen) atoms. The highest BCUT2D eigenvalue weighted by atomic mass is 32.2. The summed E-state index contributed by atoms with van der Waals surface area (Å²) in [7, 11) is 0. The molecule has 2 aromatic rings. The lowest BCUT2D eigenvalue weighted by Gasteiger charge is -2.10. The van der Waals surface area contributed by atoms with Gasteiger partial charge < -0.3 is 11.1 Å². The van der Waals surface area contributed by atoms with Gasteiger partial charge in [-0.1, -0.05) is 42.8 Å². The number of thioether (sulfide) groups is 1. The lowest BCUT2D eigenvalue weighted by atomic mass is 10.2. The Balaban J connectivity index is 1.83. The average Bonchev–Trinajstić information content (AvgIpc) is 2.49. The van der Waals surface area contributed by atoms with Gasteiger partial charge in [0.1, 0.15) is 0 Å². The van der Waals surface area contributed by atoms with E-state index in [0.29, 0.717) is 17.8 Å². The van der Waals surface area contributed by atoms with Gasteiger partial charge in [-0.25, -0.2) is 0 Å². The number of hydrogen-bond acceptors (Lipinski definition) is 2. The number of nitrogens with one attached hydrogen (secondary N) is 1. The molecule has 0 amide bonds. The summed E-state index contributed by atoms with van der Waals surface area (Å²) < 4.78 is 0. The van der Waals surface area contributed by atoms with Crippen LogP contribution in [0.2, 0.25) is 0 Å². The number of benzene rings is 2. The van der Waals surface area contributed by atoms with E-state index in [1.165, 1.54) is 10.5 Å². The molecule has 0 bridgehead atoms. The van der Waals surface area contributed by atoms with Crippen LogP contribution in [0.25, 0.3) is 0 Å². The SMILES string of the molecule is Cc1ccc(NC(N)=NCC(C)Sc2ccccc2)cc1. The molecule has 4 heteroatoms. The van der Waals surface area contributed by atoms with Crippen LogP contribution < -0.4 is 11.1 Å². The molecule has 1 unspecified atom stereocenters. The van der Waals surface area contributed by atoms with E-state index in [2.05, 4.69) is 36.3 Å². The third-order valence-electron chi connectivity index (χ3n) is 2.92. The minimum atomic E-state index is 0.380. The molecule has 1 atom stereocenters. The number of rotatable bonds is 5. The first kappa shape index (κ1) is 15.4. The van der Waals surface area contributed by atoms with Crippen molar-refractivity contribution in [1.82, 2.24) is 0 Å². The number of guanidine groups is 1. The molecule has 0 saturated carbocycles. The molecule has 2 aromatic carbocycles. The minimum Gasteiger partial charge on any atom is -0.370 e. The first-order valence-corrected chi connectivity index (χ1v) is 7.87. The quantitative estimate of drug-likeness (QED) is 0.500. The van der Waals surface area contributed by atoms with Crippen molar-refractivity contribution in [3.63, 3.8) is 0 Å². The van der Waals surface area contributed by atoms with Gasteiger partial charge >= 0.3 is 0 Å². The van der Waals surface area contributed by atoms with Gasteiger partial charge in [0.2, 0.25) is 0 Å². The van der Waals surface area contributed by atoms with Crippen molar-refractivity contribution in [1.29, 1.82) is 0 Å². The topological polar surface area (TPSA) is 50.4 Å². The van der Waals surface area contributed by atoms with E-state index in [9.17, 15) is 0 Å². The second kappa shape index (κ2) is 7.74. The molecule has 0 spiro atoms. The lowest BCUT2D eigenvalue weighted by Crippen LogP contribution is -2.23. The monoisotopic (exact) mass is 299 g/mol. The predicted octanol–water partition coefficient (Wildman–Crippen LogP) is 3.90. The third kappa shape index (κ3) is 5.52. The van der Waals surface area contributed by atoms with Crippen LogP contribution >= 0.6 is 11.8 Å². The average molecular weight is 299 g/mol. The fourth-order valence-corrected chi connectivity index (χ4v) is 2.75. The molecule has 0 fully saturated rings. The fourth-order valence-electron chi connectivity index (χ4n) is 1.82. The summed E-state index contributed by atoms with van der Waals surface area (Å²) in [5.74, 6) is 0.458. The predicted molar refractivity (Wildman–Crippen MR) is 93.1 cm³/mol. The highest BCUT2D eigenvalue weighted by Crippen LogP contribution is 2.22. The molecule has 110 valence electrons. The van der Waals surface area contributed by atoms with Gasteiger partial charge in [0, 0.05) is 15.8 Å². The first-order valence-electron chi connectivity index (χ1n) is 6.99. The Kier molecular flexibility index (Phi) is 5.69. The Bertz CT molecular complexity index is 579. The van der Waals surface area contributed by atoms with Crippen LogP contribution in [0, 0.1) is 6.92 Å². The van der Waals surface area contributed by atoms with Gasteiger partial charge in [-0.15, -0.1) is 11.8 Å². The van der Waals surface area contributed by atoms with Gasteiger partial charge in [0.15, 0.2) is 5.96 Å². The molecular weight excluding hydrogens is 278 g/mol. The second-order valence-corrected chi connectivity index (χ2v) is 6.47. The molecule has 0 aliphatic rings. The molecule has 0 saturated heterocycles. The van der Waals surface area contributed by atoms with E-state index in [-0.39, 0.29) is 0 Å². The number of nitrogens with two attached hydrogens (primary N) is 1. The summed E-state index contributed by atoms with van der Waals surface area (Å²) in [6, 6.07) is 18.4. The Morgan fingerprint density at radius 2 is 1.81 bits per heavy atom. The van der Waals surface area contributed by atoms with Crippen LogP contribution in [0.15, 0.2) is 64.5 Å². The Hall–Kier alpha value is -1.94. The van der Waals surface area contributed by atoms with Crippen molar-refractivity contribution in [3.05, 3.63) is 60.2 Å². The molecule has 0 heterocycles. The number of aliphatic imine (C=N–C) groups is 1. The minimum absolute atomic E-state index is 0.380. The van der Waals surface area contributed by atoms with Crippen molar-refractivity contribution in [2.24, 2.45) is 10.7 Å². The van der Waals surface area contributed by atoms with E-state index >= 15 is 0 Å². The molecule has 0 aliphatic carbocycles. The van der Waals surface area contributed by atoms with Gasteiger partial charge in [0.25, 0.3) is 0 Å².